The van der Waals surface area contributed by atoms with Gasteiger partial charge in [-0.3, -0.25) is 10.1 Å². The van der Waals surface area contributed by atoms with Crippen LogP contribution in [0.4, 0.5) is 5.69 Å². The van der Waals surface area contributed by atoms with Gasteiger partial charge in [0.05, 0.1) is 17.1 Å². The first kappa shape index (κ1) is 23.0. The molecule has 1 aliphatic rings. The van der Waals surface area contributed by atoms with Gasteiger partial charge in [-0.25, -0.2) is 9.79 Å². The zero-order valence-electron chi connectivity index (χ0n) is 18.3. The van der Waals surface area contributed by atoms with Crippen LogP contribution in [0.5, 0.6) is 11.5 Å². The Morgan fingerprint density at radius 2 is 1.82 bits per heavy atom. The van der Waals surface area contributed by atoms with Gasteiger partial charge in [0.1, 0.15) is 6.61 Å². The number of esters is 1. The molecule has 3 aromatic rings. The van der Waals surface area contributed by atoms with E-state index in [-0.39, 0.29) is 17.3 Å². The number of benzene rings is 3. The van der Waals surface area contributed by atoms with Crippen molar-refractivity contribution in [2.24, 2.45) is 4.99 Å². The number of cyclic esters (lactones) is 1. The molecule has 1 aliphatic heterocycles. The molecular weight excluding hydrogens is 460 g/mol. The van der Waals surface area contributed by atoms with Gasteiger partial charge < -0.3 is 14.2 Å². The molecule has 0 saturated carbocycles. The average molecular weight is 479 g/mol. The lowest BCUT2D eigenvalue weighted by molar-refractivity contribution is -0.384. The topological polar surface area (TPSA) is 100 Å². The van der Waals surface area contributed by atoms with Crippen molar-refractivity contribution in [3.8, 4) is 11.5 Å². The van der Waals surface area contributed by atoms with E-state index in [2.05, 4.69) is 4.99 Å². The number of ether oxygens (including phenoxy) is 3. The predicted molar refractivity (Wildman–Crippen MR) is 127 cm³/mol. The molecule has 0 saturated heterocycles. The molecule has 172 valence electrons. The molecule has 0 N–H and O–H groups in total. The average Bonchev–Trinajstić information content (AvgIpc) is 3.19. The fourth-order valence-corrected chi connectivity index (χ4v) is 3.49. The molecule has 3 aromatic carbocycles. The highest BCUT2D eigenvalue weighted by molar-refractivity contribution is 6.32. The van der Waals surface area contributed by atoms with Crippen LogP contribution in [0, 0.1) is 17.0 Å². The second-order valence-corrected chi connectivity index (χ2v) is 7.86. The molecule has 0 atom stereocenters. The number of carbonyl (C=O) groups excluding carboxylic acids is 1. The minimum atomic E-state index is -0.650. The van der Waals surface area contributed by atoms with Gasteiger partial charge >= 0.3 is 5.97 Å². The van der Waals surface area contributed by atoms with Crippen LogP contribution in [0.15, 0.2) is 71.4 Å². The van der Waals surface area contributed by atoms with Crippen molar-refractivity contribution < 1.29 is 23.9 Å². The van der Waals surface area contributed by atoms with Crippen LogP contribution < -0.4 is 9.47 Å². The first-order chi connectivity index (χ1) is 16.3. The second-order valence-electron chi connectivity index (χ2n) is 7.45. The number of rotatable bonds is 7. The molecule has 0 amide bonds. The van der Waals surface area contributed by atoms with Crippen molar-refractivity contribution in [3.63, 3.8) is 0 Å². The van der Waals surface area contributed by atoms with Crippen LogP contribution in [0.25, 0.3) is 6.08 Å². The number of non-ortho nitro benzene ring substituents is 1. The monoisotopic (exact) mass is 478 g/mol. The number of carbonyl (C=O) groups is 1. The third kappa shape index (κ3) is 5.07. The summed E-state index contributed by atoms with van der Waals surface area (Å²) in [7, 11) is 1.50. The number of aliphatic imine (C=N–C) groups is 1. The number of aryl methyl sites for hydroxylation is 1. The van der Waals surface area contributed by atoms with Crippen LogP contribution in [-0.2, 0) is 16.1 Å². The van der Waals surface area contributed by atoms with Gasteiger partial charge in [-0.1, -0.05) is 41.4 Å². The number of hydrogen-bond donors (Lipinski definition) is 0. The SMILES string of the molecule is COc1cc(/C=C2\N=C(c3ccc([N+](=O)[O-])cc3)OC2=O)cc(Cl)c1OCc1ccc(C)cc1. The van der Waals surface area contributed by atoms with Crippen molar-refractivity contribution in [3.05, 3.63) is 104 Å². The van der Waals surface area contributed by atoms with Crippen molar-refractivity contribution in [2.75, 3.05) is 7.11 Å². The Morgan fingerprint density at radius 3 is 2.47 bits per heavy atom. The largest absolute Gasteiger partial charge is 0.493 e. The van der Waals surface area contributed by atoms with Crippen LogP contribution in [0.1, 0.15) is 22.3 Å². The van der Waals surface area contributed by atoms with Gasteiger partial charge in [0.25, 0.3) is 5.69 Å². The first-order valence-electron chi connectivity index (χ1n) is 10.2. The molecule has 34 heavy (non-hydrogen) atoms. The molecule has 0 radical (unpaired) electrons. The third-order valence-electron chi connectivity index (χ3n) is 5.00. The van der Waals surface area contributed by atoms with E-state index in [4.69, 9.17) is 25.8 Å². The van der Waals surface area contributed by atoms with Crippen molar-refractivity contribution >= 4 is 35.2 Å². The summed E-state index contributed by atoms with van der Waals surface area (Å²) < 4.78 is 16.6. The summed E-state index contributed by atoms with van der Waals surface area (Å²) in [5.74, 6) is 0.193. The maximum atomic E-state index is 12.3. The zero-order chi connectivity index (χ0) is 24.2. The Labute approximate surface area is 200 Å². The highest BCUT2D eigenvalue weighted by Crippen LogP contribution is 2.38. The minimum absolute atomic E-state index is 0.0554. The van der Waals surface area contributed by atoms with Gasteiger partial charge in [-0.2, -0.15) is 0 Å². The number of hydrogen-bond acceptors (Lipinski definition) is 7. The number of methoxy groups -OCH3 is 1. The van der Waals surface area contributed by atoms with E-state index in [1.807, 2.05) is 31.2 Å². The molecule has 0 aromatic heterocycles. The Balaban J connectivity index is 1.57. The Morgan fingerprint density at radius 1 is 1.12 bits per heavy atom. The summed E-state index contributed by atoms with van der Waals surface area (Å²) in [4.78, 5) is 26.9. The number of halogens is 1. The second kappa shape index (κ2) is 9.76. The molecule has 1 heterocycles. The molecule has 0 bridgehead atoms. The minimum Gasteiger partial charge on any atom is -0.493 e. The van der Waals surface area contributed by atoms with E-state index in [0.717, 1.165) is 11.1 Å². The summed E-state index contributed by atoms with van der Waals surface area (Å²) >= 11 is 6.45. The molecular formula is C25H19ClN2O6. The molecule has 8 nitrogen and oxygen atoms in total. The van der Waals surface area contributed by atoms with Crippen molar-refractivity contribution in [1.82, 2.24) is 0 Å². The van der Waals surface area contributed by atoms with Gasteiger partial charge in [0.15, 0.2) is 17.2 Å². The summed E-state index contributed by atoms with van der Waals surface area (Å²) in [5.41, 5.74) is 3.12. The quantitative estimate of drug-likeness (QED) is 0.193. The van der Waals surface area contributed by atoms with Crippen LogP contribution in [0.3, 0.4) is 0 Å². The Hall–Kier alpha value is -4.17. The third-order valence-corrected chi connectivity index (χ3v) is 5.29. The molecule has 9 heteroatoms. The van der Waals surface area contributed by atoms with Crippen LogP contribution in [-0.4, -0.2) is 23.9 Å². The highest BCUT2D eigenvalue weighted by atomic mass is 35.5. The lowest BCUT2D eigenvalue weighted by atomic mass is 10.1. The zero-order valence-corrected chi connectivity index (χ0v) is 19.0. The first-order valence-corrected chi connectivity index (χ1v) is 10.5. The predicted octanol–water partition coefficient (Wildman–Crippen LogP) is 5.49. The maximum absolute atomic E-state index is 12.3. The van der Waals surface area contributed by atoms with Crippen molar-refractivity contribution in [2.45, 2.75) is 13.5 Å². The summed E-state index contributed by atoms with van der Waals surface area (Å²) in [6.07, 6.45) is 1.51. The Kier molecular flexibility index (Phi) is 6.60. The van der Waals surface area contributed by atoms with Crippen LogP contribution in [0.2, 0.25) is 5.02 Å². The molecule has 0 fully saturated rings. The normalized spacial score (nSPS) is 14.0. The summed E-state index contributed by atoms with van der Waals surface area (Å²) in [5, 5.41) is 11.1. The summed E-state index contributed by atoms with van der Waals surface area (Å²) in [6, 6.07) is 16.8. The lowest BCUT2D eigenvalue weighted by Gasteiger charge is -2.13. The molecule has 4 rings (SSSR count). The fraction of sp³-hybridized carbons (Fsp3) is 0.120. The molecule has 0 unspecified atom stereocenters. The molecule has 0 spiro atoms. The number of nitrogens with zero attached hydrogens (tertiary/aromatic N) is 2. The smallest absolute Gasteiger partial charge is 0.363 e. The van der Waals surface area contributed by atoms with Crippen molar-refractivity contribution in [1.29, 1.82) is 0 Å². The molecule has 0 aliphatic carbocycles. The number of nitro groups is 1. The van der Waals surface area contributed by atoms with Gasteiger partial charge in [-0.05, 0) is 48.4 Å². The van der Waals surface area contributed by atoms with E-state index in [0.29, 0.717) is 34.3 Å². The summed E-state index contributed by atoms with van der Waals surface area (Å²) in [6.45, 7) is 2.32. The highest BCUT2D eigenvalue weighted by Gasteiger charge is 2.25. The fourth-order valence-electron chi connectivity index (χ4n) is 3.22. The van der Waals surface area contributed by atoms with Gasteiger partial charge in [-0.15, -0.1) is 0 Å². The van der Waals surface area contributed by atoms with Gasteiger partial charge in [0, 0.05) is 17.7 Å². The van der Waals surface area contributed by atoms with E-state index >= 15 is 0 Å². The van der Waals surface area contributed by atoms with E-state index in [9.17, 15) is 14.9 Å². The van der Waals surface area contributed by atoms with E-state index in [1.165, 1.54) is 37.5 Å². The number of nitro benzene ring substituents is 1. The van der Waals surface area contributed by atoms with Gasteiger partial charge in [0.2, 0.25) is 5.90 Å². The lowest BCUT2D eigenvalue weighted by Crippen LogP contribution is -2.05. The van der Waals surface area contributed by atoms with E-state index < -0.39 is 10.9 Å². The van der Waals surface area contributed by atoms with Crippen LogP contribution >= 0.6 is 11.6 Å². The standard InChI is InChI=1S/C25H19ClN2O6/c1-15-3-5-16(6-4-15)14-33-23-20(26)11-17(13-22(23)32-2)12-21-25(29)34-24(27-21)18-7-9-19(10-8-18)28(30)31/h3-13H,14H2,1-2H3/b21-12-. The maximum Gasteiger partial charge on any atom is 0.363 e. The Bertz CT molecular complexity index is 1310. The van der Waals surface area contributed by atoms with E-state index in [1.54, 1.807) is 12.1 Å².